The topological polar surface area (TPSA) is 295 Å². The van der Waals surface area contributed by atoms with E-state index in [1.54, 1.807) is 41.8 Å². The van der Waals surface area contributed by atoms with Crippen LogP contribution in [0, 0.1) is 5.92 Å². The van der Waals surface area contributed by atoms with E-state index in [0.717, 1.165) is 0 Å². The molecule has 0 aliphatic carbocycles. The van der Waals surface area contributed by atoms with Crippen molar-refractivity contribution in [2.75, 3.05) is 30.5 Å². The predicted octanol–water partition coefficient (Wildman–Crippen LogP) is 4.24. The van der Waals surface area contributed by atoms with Crippen molar-refractivity contribution in [3.05, 3.63) is 65.2 Å². The molecule has 0 saturated carbocycles. The van der Waals surface area contributed by atoms with E-state index in [0.29, 0.717) is 11.2 Å². The van der Waals surface area contributed by atoms with Gasteiger partial charge in [-0.3, -0.25) is 38.4 Å². The number of carbonyl (C=O) groups is 2. The Labute approximate surface area is 361 Å². The SMILES string of the molecule is CC(=O)Nc1nc2c(ncn2[C@@H]2O[C@H](COP(C)(=O)O[C@H]3[C@@H](C)[C@H](n4cnc5c(NC(=O)c6ccccc6)ncnc54)O[C@@H]3CO)[C@@H](O[P+](=O)O)[C@H]2O[Si](C)(C)C(C)(C)C)c(=O)[nH]1. The number of rotatable bonds is 15. The summed E-state index contributed by atoms with van der Waals surface area (Å²) in [6, 6.07) is 8.58. The fourth-order valence-electron chi connectivity index (χ4n) is 7.15. The third-order valence-corrected chi connectivity index (χ3v) is 17.4. The molecule has 2 aliphatic heterocycles. The van der Waals surface area contributed by atoms with E-state index >= 15 is 0 Å². The molecule has 7 rings (SSSR count). The van der Waals surface area contributed by atoms with Crippen LogP contribution in [0.4, 0.5) is 11.8 Å². The fourth-order valence-corrected chi connectivity index (χ4v) is 10.1. The number of aromatic amines is 1. The van der Waals surface area contributed by atoms with Crippen LogP contribution in [0.3, 0.4) is 0 Å². The smallest absolute Gasteiger partial charge is 0.406 e. The van der Waals surface area contributed by atoms with Crippen LogP contribution in [0.1, 0.15) is 57.4 Å². The molecule has 26 heteroatoms. The van der Waals surface area contributed by atoms with Gasteiger partial charge >= 0.3 is 15.9 Å². The van der Waals surface area contributed by atoms with Crippen molar-refractivity contribution < 1.29 is 56.2 Å². The molecule has 23 nitrogen and oxygen atoms in total. The van der Waals surface area contributed by atoms with E-state index in [1.165, 1.54) is 37.1 Å². The molecule has 63 heavy (non-hydrogen) atoms. The number of fused-ring (bicyclic) bond motifs is 2. The molecule has 10 atom stereocenters. The van der Waals surface area contributed by atoms with E-state index in [1.807, 2.05) is 33.9 Å². The van der Waals surface area contributed by atoms with Crippen LogP contribution in [-0.4, -0.2) is 120 Å². The van der Waals surface area contributed by atoms with Crippen LogP contribution >= 0.6 is 15.9 Å². The third-order valence-electron chi connectivity index (χ3n) is 11.3. The van der Waals surface area contributed by atoms with Gasteiger partial charge in [0.25, 0.3) is 11.5 Å². The number of imidazole rings is 2. The number of nitrogens with zero attached hydrogens (tertiary/aromatic N) is 7. The van der Waals surface area contributed by atoms with Crippen molar-refractivity contribution in [2.45, 2.75) is 95.7 Å². The molecule has 2 unspecified atom stereocenters. The van der Waals surface area contributed by atoms with Crippen LogP contribution in [0.2, 0.25) is 18.1 Å². The first kappa shape index (κ1) is 46.3. The van der Waals surface area contributed by atoms with E-state index < -0.39 is 104 Å². The summed E-state index contributed by atoms with van der Waals surface area (Å²) in [6.07, 6.45) is -3.69. The zero-order valence-electron chi connectivity index (χ0n) is 35.6. The highest BCUT2D eigenvalue weighted by Crippen LogP contribution is 2.52. The lowest BCUT2D eigenvalue weighted by Crippen LogP contribution is -2.49. The minimum Gasteiger partial charge on any atom is -0.406 e. The zero-order valence-corrected chi connectivity index (χ0v) is 38.4. The van der Waals surface area contributed by atoms with Crippen molar-refractivity contribution in [1.29, 1.82) is 0 Å². The van der Waals surface area contributed by atoms with Gasteiger partial charge in [-0.15, -0.1) is 9.42 Å². The molecule has 1 aromatic carbocycles. The van der Waals surface area contributed by atoms with E-state index in [-0.39, 0.29) is 33.5 Å². The Kier molecular flexibility index (Phi) is 13.3. The number of anilines is 2. The van der Waals surface area contributed by atoms with Gasteiger partial charge in [-0.2, -0.15) is 4.98 Å². The molecule has 338 valence electrons. The molecule has 2 saturated heterocycles. The van der Waals surface area contributed by atoms with Gasteiger partial charge in [-0.1, -0.05) is 45.9 Å². The van der Waals surface area contributed by atoms with Gasteiger partial charge in [-0.25, -0.2) is 19.9 Å². The van der Waals surface area contributed by atoms with Gasteiger partial charge in [-0.05, 0) is 30.3 Å². The van der Waals surface area contributed by atoms with Crippen LogP contribution in [0.25, 0.3) is 22.3 Å². The molecular weight excluding hydrogens is 882 g/mol. The summed E-state index contributed by atoms with van der Waals surface area (Å²) in [5.41, 5.74) is 0.257. The Morgan fingerprint density at radius 1 is 0.968 bits per heavy atom. The highest BCUT2D eigenvalue weighted by Gasteiger charge is 2.56. The normalized spacial score (nSPS) is 25.3. The summed E-state index contributed by atoms with van der Waals surface area (Å²) in [6.45, 7) is 13.1. The maximum absolute atomic E-state index is 14.2. The van der Waals surface area contributed by atoms with E-state index in [4.69, 9.17) is 27.5 Å². The molecule has 6 heterocycles. The highest BCUT2D eigenvalue weighted by atomic mass is 31.2. The second kappa shape index (κ2) is 18.0. The first-order valence-electron chi connectivity index (χ1n) is 19.8. The molecule has 0 radical (unpaired) electrons. The number of nitrogens with one attached hydrogen (secondary N) is 3. The van der Waals surface area contributed by atoms with Crippen LogP contribution in [0.15, 0.2) is 54.1 Å². The predicted molar refractivity (Wildman–Crippen MR) is 227 cm³/mol. The van der Waals surface area contributed by atoms with E-state index in [9.17, 15) is 33.5 Å². The summed E-state index contributed by atoms with van der Waals surface area (Å²) in [4.78, 5) is 72.0. The molecule has 2 aliphatic rings. The first-order chi connectivity index (χ1) is 29.7. The summed E-state index contributed by atoms with van der Waals surface area (Å²) in [5.74, 6) is -1.47. The molecule has 5 N–H and O–H groups in total. The van der Waals surface area contributed by atoms with Crippen molar-refractivity contribution in [2.24, 2.45) is 5.92 Å². The Balaban J connectivity index is 1.13. The largest absolute Gasteiger partial charge is 0.695 e. The first-order valence-corrected chi connectivity index (χ1v) is 25.8. The molecular formula is C37H49N10O13P2Si+. The summed E-state index contributed by atoms with van der Waals surface area (Å²) < 4.78 is 66.8. The van der Waals surface area contributed by atoms with Gasteiger partial charge in [0.05, 0.1) is 25.9 Å². The quantitative estimate of drug-likeness (QED) is 0.0724. The van der Waals surface area contributed by atoms with Gasteiger partial charge in [0.2, 0.25) is 11.9 Å². The average Bonchev–Trinajstić information content (AvgIpc) is 3.98. The number of aliphatic hydroxyl groups excluding tert-OH is 1. The molecule has 0 spiro atoms. The van der Waals surface area contributed by atoms with Gasteiger partial charge in [0.15, 0.2) is 48.8 Å². The molecule has 5 aromatic rings. The van der Waals surface area contributed by atoms with Crippen molar-refractivity contribution >= 4 is 70.1 Å². The summed E-state index contributed by atoms with van der Waals surface area (Å²) in [5, 5.41) is 15.3. The number of aliphatic hydroxyl groups is 1. The monoisotopic (exact) mass is 931 g/mol. The Bertz CT molecular complexity index is 2620. The summed E-state index contributed by atoms with van der Waals surface area (Å²) >= 11 is 0. The second-order valence-electron chi connectivity index (χ2n) is 16.7. The molecule has 4 aromatic heterocycles. The number of aromatic nitrogens is 8. The number of amides is 2. The van der Waals surface area contributed by atoms with Crippen molar-refractivity contribution in [3.8, 4) is 0 Å². The van der Waals surface area contributed by atoms with Crippen LogP contribution in [0.5, 0.6) is 0 Å². The molecule has 2 fully saturated rings. The van der Waals surface area contributed by atoms with E-state index in [2.05, 4.69) is 40.5 Å². The minimum atomic E-state index is -4.09. The Morgan fingerprint density at radius 2 is 1.63 bits per heavy atom. The second-order valence-corrected chi connectivity index (χ2v) is 24.2. The number of carbonyl (C=O) groups excluding carboxylic acids is 2. The fraction of sp³-hybridized carbons (Fsp3) is 0.514. The van der Waals surface area contributed by atoms with Crippen molar-refractivity contribution in [1.82, 2.24) is 39.0 Å². The van der Waals surface area contributed by atoms with Gasteiger partial charge in [0.1, 0.15) is 37.0 Å². The molecule has 0 bridgehead atoms. The highest BCUT2D eigenvalue weighted by molar-refractivity contribution is 7.53. The number of H-pyrrole nitrogens is 1. The lowest BCUT2D eigenvalue weighted by Gasteiger charge is -2.40. The van der Waals surface area contributed by atoms with Gasteiger partial charge in [0, 0.05) is 29.6 Å². The zero-order chi connectivity index (χ0) is 45.6. The summed E-state index contributed by atoms with van der Waals surface area (Å²) in [7, 11) is -10.1. The number of benzene rings is 1. The lowest BCUT2D eigenvalue weighted by atomic mass is 10.0. The van der Waals surface area contributed by atoms with Crippen molar-refractivity contribution in [3.63, 3.8) is 0 Å². The Hall–Kier alpha value is -4.71. The number of ether oxygens (including phenoxy) is 2. The maximum Gasteiger partial charge on any atom is 0.695 e. The third kappa shape index (κ3) is 9.71. The average molecular weight is 932 g/mol. The standard InChI is InChI=1S/C37H48N10O13P2Si/c1-19-26(22(14-48)56-34(19)46-17-40-24-29(38-16-39-30(24)46)43-32(50)21-12-10-9-11-13-21)59-62(6,54)55-15-23-27(58-61(52)53)28(60-63(7,8)37(3,4)5)35(57-23)47-18-41-25-31(47)44-36(42-20(2)49)45-33(25)51/h9-13,16-19,22-23,26-28,34-35,48H,14-15H2,1-8H3,(H3-,38,39,42,43,44,45,49,50,51,52,53)/p+1/t19-,22-,23-,26+,27-,28-,34-,35-,62?/m1/s1. The Morgan fingerprint density at radius 3 is 2.29 bits per heavy atom. The van der Waals surface area contributed by atoms with Gasteiger partial charge < -0.3 is 33.4 Å². The maximum atomic E-state index is 14.2. The number of hydrogen-bond acceptors (Lipinski definition) is 17. The lowest BCUT2D eigenvalue weighted by molar-refractivity contribution is -0.114. The molecule has 2 amide bonds. The van der Waals surface area contributed by atoms with Crippen LogP contribution < -0.4 is 16.2 Å². The van der Waals surface area contributed by atoms with Crippen LogP contribution in [-0.2, 0) is 41.4 Å². The minimum absolute atomic E-state index is 0.000327. The number of hydrogen-bond donors (Lipinski definition) is 5.